The van der Waals surface area contributed by atoms with Crippen molar-refractivity contribution in [2.24, 2.45) is 5.10 Å². The summed E-state index contributed by atoms with van der Waals surface area (Å²) in [6.07, 6.45) is 0. The molecular formula is C20H19ClN4O. The van der Waals surface area contributed by atoms with E-state index < -0.39 is 0 Å². The molecule has 1 aromatic heterocycles. The van der Waals surface area contributed by atoms with Crippen molar-refractivity contribution in [3.8, 4) is 11.3 Å². The number of amides is 1. The molecule has 26 heavy (non-hydrogen) atoms. The first-order valence-electron chi connectivity index (χ1n) is 8.17. The molecule has 0 saturated carbocycles. The second-order valence-corrected chi connectivity index (χ2v) is 6.55. The lowest BCUT2D eigenvalue weighted by Gasteiger charge is -2.02. The van der Waals surface area contributed by atoms with Gasteiger partial charge in [0, 0.05) is 10.6 Å². The molecule has 1 heterocycles. The molecule has 5 nitrogen and oxygen atoms in total. The Morgan fingerprint density at radius 2 is 1.81 bits per heavy atom. The summed E-state index contributed by atoms with van der Waals surface area (Å²) in [6, 6.07) is 15.1. The van der Waals surface area contributed by atoms with Gasteiger partial charge in [-0.2, -0.15) is 10.2 Å². The maximum Gasteiger partial charge on any atom is 0.289 e. The molecule has 0 aliphatic heterocycles. The SMILES string of the molecule is CC(=NNC(=O)c1cc(-c2ccc(C)c(C)c2)n[nH]1)c1ccc(Cl)cc1. The van der Waals surface area contributed by atoms with Crippen LogP contribution < -0.4 is 5.43 Å². The third-order valence-corrected chi connectivity index (χ3v) is 4.46. The zero-order valence-electron chi connectivity index (χ0n) is 14.8. The summed E-state index contributed by atoms with van der Waals surface area (Å²) in [4.78, 5) is 12.3. The fourth-order valence-electron chi connectivity index (χ4n) is 2.44. The second-order valence-electron chi connectivity index (χ2n) is 6.11. The van der Waals surface area contributed by atoms with Crippen LogP contribution in [0.15, 0.2) is 53.6 Å². The molecule has 3 aromatic rings. The van der Waals surface area contributed by atoms with Crippen molar-refractivity contribution in [2.45, 2.75) is 20.8 Å². The van der Waals surface area contributed by atoms with Gasteiger partial charge in [0.2, 0.25) is 0 Å². The lowest BCUT2D eigenvalue weighted by Crippen LogP contribution is -2.19. The highest BCUT2D eigenvalue weighted by molar-refractivity contribution is 6.30. The van der Waals surface area contributed by atoms with Crippen molar-refractivity contribution < 1.29 is 4.79 Å². The van der Waals surface area contributed by atoms with Crippen molar-refractivity contribution in [1.29, 1.82) is 0 Å². The maximum atomic E-state index is 12.3. The molecule has 0 atom stereocenters. The molecule has 0 aliphatic rings. The molecule has 0 radical (unpaired) electrons. The molecule has 0 fully saturated rings. The molecule has 6 heteroatoms. The first kappa shape index (κ1) is 17.9. The lowest BCUT2D eigenvalue weighted by molar-refractivity contribution is 0.0950. The van der Waals surface area contributed by atoms with Crippen LogP contribution in [-0.2, 0) is 0 Å². The van der Waals surface area contributed by atoms with E-state index in [9.17, 15) is 4.79 Å². The molecule has 0 saturated heterocycles. The minimum Gasteiger partial charge on any atom is -0.272 e. The van der Waals surface area contributed by atoms with E-state index in [0.717, 1.165) is 16.8 Å². The molecule has 3 rings (SSSR count). The summed E-state index contributed by atoms with van der Waals surface area (Å²) in [6.45, 7) is 5.92. The number of hydrogen-bond acceptors (Lipinski definition) is 3. The van der Waals surface area contributed by atoms with E-state index in [4.69, 9.17) is 11.6 Å². The van der Waals surface area contributed by atoms with Gasteiger partial charge in [0.1, 0.15) is 5.69 Å². The first-order valence-corrected chi connectivity index (χ1v) is 8.55. The summed E-state index contributed by atoms with van der Waals surface area (Å²) < 4.78 is 0. The van der Waals surface area contributed by atoms with Gasteiger partial charge in [-0.05, 0) is 61.7 Å². The van der Waals surface area contributed by atoms with Crippen LogP contribution in [0.25, 0.3) is 11.3 Å². The zero-order valence-corrected chi connectivity index (χ0v) is 15.6. The van der Waals surface area contributed by atoms with Gasteiger partial charge >= 0.3 is 0 Å². The third kappa shape index (κ3) is 4.00. The first-order chi connectivity index (χ1) is 12.4. The van der Waals surface area contributed by atoms with E-state index in [2.05, 4.69) is 33.7 Å². The van der Waals surface area contributed by atoms with Crippen LogP contribution in [0.4, 0.5) is 0 Å². The maximum absolute atomic E-state index is 12.3. The van der Waals surface area contributed by atoms with Gasteiger partial charge in [-0.1, -0.05) is 35.9 Å². The fraction of sp³-hybridized carbons (Fsp3) is 0.150. The van der Waals surface area contributed by atoms with Crippen LogP contribution in [0.3, 0.4) is 0 Å². The quantitative estimate of drug-likeness (QED) is 0.527. The highest BCUT2D eigenvalue weighted by atomic mass is 35.5. The van der Waals surface area contributed by atoms with Crippen LogP contribution in [0.5, 0.6) is 0 Å². The normalized spacial score (nSPS) is 11.5. The van der Waals surface area contributed by atoms with Gasteiger partial charge in [-0.25, -0.2) is 5.43 Å². The minimum absolute atomic E-state index is 0.346. The molecule has 0 spiro atoms. The number of nitrogens with zero attached hydrogens (tertiary/aromatic N) is 2. The highest BCUT2D eigenvalue weighted by Crippen LogP contribution is 2.21. The van der Waals surface area contributed by atoms with Crippen LogP contribution in [0, 0.1) is 13.8 Å². The van der Waals surface area contributed by atoms with Gasteiger partial charge in [-0.3, -0.25) is 9.89 Å². The van der Waals surface area contributed by atoms with Gasteiger partial charge in [0.15, 0.2) is 0 Å². The van der Waals surface area contributed by atoms with E-state index in [-0.39, 0.29) is 5.91 Å². The van der Waals surface area contributed by atoms with E-state index in [1.165, 1.54) is 11.1 Å². The number of carbonyl (C=O) groups is 1. The van der Waals surface area contributed by atoms with Gasteiger partial charge < -0.3 is 0 Å². The zero-order chi connectivity index (χ0) is 18.7. The fourth-order valence-corrected chi connectivity index (χ4v) is 2.56. The van der Waals surface area contributed by atoms with E-state index in [1.807, 2.05) is 38.1 Å². The summed E-state index contributed by atoms with van der Waals surface area (Å²) >= 11 is 5.87. The number of hydrogen-bond donors (Lipinski definition) is 2. The highest BCUT2D eigenvalue weighted by Gasteiger charge is 2.11. The predicted molar refractivity (Wildman–Crippen MR) is 105 cm³/mol. The van der Waals surface area contributed by atoms with E-state index in [0.29, 0.717) is 16.4 Å². The van der Waals surface area contributed by atoms with Crippen LogP contribution in [0.1, 0.15) is 34.1 Å². The summed E-state index contributed by atoms with van der Waals surface area (Å²) in [5.41, 5.74) is 8.54. The molecular weight excluding hydrogens is 348 g/mol. The molecule has 132 valence electrons. The lowest BCUT2D eigenvalue weighted by atomic mass is 10.0. The number of carbonyl (C=O) groups excluding carboxylic acids is 1. The Hall–Kier alpha value is -2.92. The number of nitrogens with one attached hydrogen (secondary N) is 2. The average Bonchev–Trinajstić information content (AvgIpc) is 3.12. The van der Waals surface area contributed by atoms with Crippen molar-refractivity contribution in [1.82, 2.24) is 15.6 Å². The smallest absolute Gasteiger partial charge is 0.272 e. The number of rotatable bonds is 4. The van der Waals surface area contributed by atoms with Crippen molar-refractivity contribution in [3.05, 3.63) is 75.9 Å². The Labute approximate surface area is 157 Å². The number of aromatic amines is 1. The van der Waals surface area contributed by atoms with E-state index >= 15 is 0 Å². The molecule has 2 aromatic carbocycles. The number of aromatic nitrogens is 2. The van der Waals surface area contributed by atoms with Gasteiger partial charge in [0.05, 0.1) is 11.4 Å². The van der Waals surface area contributed by atoms with Crippen molar-refractivity contribution >= 4 is 23.2 Å². The average molecular weight is 367 g/mol. The van der Waals surface area contributed by atoms with Crippen LogP contribution in [-0.4, -0.2) is 21.8 Å². The molecule has 0 unspecified atom stereocenters. The Balaban J connectivity index is 1.72. The van der Waals surface area contributed by atoms with E-state index in [1.54, 1.807) is 18.2 Å². The molecule has 0 bridgehead atoms. The molecule has 1 amide bonds. The predicted octanol–water partition coefficient (Wildman–Crippen LogP) is 4.50. The summed E-state index contributed by atoms with van der Waals surface area (Å²) in [5, 5.41) is 11.8. The second kappa shape index (κ2) is 7.54. The Morgan fingerprint density at radius 1 is 1.08 bits per heavy atom. The van der Waals surface area contributed by atoms with Gasteiger partial charge in [0.25, 0.3) is 5.91 Å². The number of benzene rings is 2. The number of H-pyrrole nitrogens is 1. The van der Waals surface area contributed by atoms with Crippen molar-refractivity contribution in [2.75, 3.05) is 0 Å². The van der Waals surface area contributed by atoms with Crippen LogP contribution in [0.2, 0.25) is 5.02 Å². The van der Waals surface area contributed by atoms with Crippen molar-refractivity contribution in [3.63, 3.8) is 0 Å². The number of aryl methyl sites for hydroxylation is 2. The monoisotopic (exact) mass is 366 g/mol. The Kier molecular flexibility index (Phi) is 5.19. The van der Waals surface area contributed by atoms with Crippen LogP contribution >= 0.6 is 11.6 Å². The largest absolute Gasteiger partial charge is 0.289 e. The summed E-state index contributed by atoms with van der Waals surface area (Å²) in [5.74, 6) is -0.346. The van der Waals surface area contributed by atoms with Gasteiger partial charge in [-0.15, -0.1) is 0 Å². The standard InChI is InChI=1S/C20H19ClN4O/c1-12-4-5-16(10-13(12)2)18-11-19(24-23-18)20(26)25-22-14(3)15-6-8-17(21)9-7-15/h4-11H,1-3H3,(H,23,24)(H,25,26). The number of halogens is 1. The topological polar surface area (TPSA) is 70.1 Å². The summed E-state index contributed by atoms with van der Waals surface area (Å²) in [7, 11) is 0. The number of hydrazone groups is 1. The Bertz CT molecular complexity index is 974. The Morgan fingerprint density at radius 3 is 2.50 bits per heavy atom. The molecule has 2 N–H and O–H groups in total. The minimum atomic E-state index is -0.346. The molecule has 0 aliphatic carbocycles. The third-order valence-electron chi connectivity index (χ3n) is 4.21.